The minimum atomic E-state index is -0.352. The maximum atomic E-state index is 12.2. The summed E-state index contributed by atoms with van der Waals surface area (Å²) in [7, 11) is 2.07. The van der Waals surface area contributed by atoms with Crippen LogP contribution in [0.15, 0.2) is 0 Å². The zero-order chi connectivity index (χ0) is 14.0. The second kappa shape index (κ2) is 5.61. The number of nitrogens with two attached hydrogens (primary N) is 1. The van der Waals surface area contributed by atoms with Gasteiger partial charge in [0.2, 0.25) is 0 Å². The minimum Gasteiger partial charge on any atom is -0.458 e. The smallest absolute Gasteiger partial charge is 0.359 e. The Labute approximate surface area is 113 Å². The van der Waals surface area contributed by atoms with Crippen LogP contribution in [0.3, 0.4) is 0 Å². The fourth-order valence-electron chi connectivity index (χ4n) is 2.35. The van der Waals surface area contributed by atoms with E-state index in [1.165, 1.54) is 0 Å². The molecule has 0 aromatic carbocycles. The van der Waals surface area contributed by atoms with Crippen LogP contribution < -0.4 is 5.73 Å². The highest BCUT2D eigenvalue weighted by molar-refractivity contribution is 5.93. The van der Waals surface area contributed by atoms with Crippen LogP contribution in [0.2, 0.25) is 0 Å². The molecule has 2 N–H and O–H groups in total. The lowest BCUT2D eigenvalue weighted by molar-refractivity contribution is 0.0128. The number of ether oxygens (including phenoxy) is 1. The summed E-state index contributed by atoms with van der Waals surface area (Å²) in [4.78, 5) is 14.5. The van der Waals surface area contributed by atoms with Crippen LogP contribution in [0.1, 0.15) is 35.9 Å². The zero-order valence-corrected chi connectivity index (χ0v) is 11.8. The van der Waals surface area contributed by atoms with Crippen molar-refractivity contribution in [2.24, 2.45) is 0 Å². The molecule has 0 aliphatic carbocycles. The Bertz CT molecular complexity index is 461. The van der Waals surface area contributed by atoms with Crippen molar-refractivity contribution in [3.63, 3.8) is 0 Å². The molecule has 106 valence electrons. The number of nitrogen functional groups attached to an aromatic ring is 1. The molecule has 1 aromatic rings. The molecule has 6 heteroatoms. The third-order valence-corrected chi connectivity index (χ3v) is 3.61. The first kappa shape index (κ1) is 13.9. The predicted octanol–water partition coefficient (Wildman–Crippen LogP) is 1.04. The summed E-state index contributed by atoms with van der Waals surface area (Å²) in [5, 5.41) is 4.24. The second-order valence-corrected chi connectivity index (χ2v) is 5.07. The van der Waals surface area contributed by atoms with Crippen LogP contribution in [0.5, 0.6) is 0 Å². The fraction of sp³-hybridized carbons (Fsp3) is 0.692. The van der Waals surface area contributed by atoms with Gasteiger partial charge in [-0.05, 0) is 33.7 Å². The van der Waals surface area contributed by atoms with Gasteiger partial charge >= 0.3 is 5.97 Å². The summed E-state index contributed by atoms with van der Waals surface area (Å²) < 4.78 is 7.17. The van der Waals surface area contributed by atoms with Crippen LogP contribution >= 0.6 is 0 Å². The number of aryl methyl sites for hydroxylation is 2. The van der Waals surface area contributed by atoms with E-state index in [9.17, 15) is 4.79 Å². The normalized spacial score (nSPS) is 17.6. The first-order valence-electron chi connectivity index (χ1n) is 6.75. The van der Waals surface area contributed by atoms with Crippen LogP contribution in [-0.4, -0.2) is 46.9 Å². The maximum absolute atomic E-state index is 12.2. The Morgan fingerprint density at radius 2 is 2.11 bits per heavy atom. The maximum Gasteiger partial charge on any atom is 0.359 e. The molecule has 0 radical (unpaired) electrons. The van der Waals surface area contributed by atoms with Gasteiger partial charge in [-0.1, -0.05) is 0 Å². The number of carbonyl (C=O) groups excluding carboxylic acids is 1. The van der Waals surface area contributed by atoms with Gasteiger partial charge in [0.1, 0.15) is 6.10 Å². The van der Waals surface area contributed by atoms with Crippen molar-refractivity contribution in [3.05, 3.63) is 11.4 Å². The molecule has 6 nitrogen and oxygen atoms in total. The molecule has 19 heavy (non-hydrogen) atoms. The van der Waals surface area contributed by atoms with Crippen LogP contribution in [0.25, 0.3) is 0 Å². The molecule has 0 bridgehead atoms. The lowest BCUT2D eigenvalue weighted by Crippen LogP contribution is -2.35. The number of hydrogen-bond acceptors (Lipinski definition) is 5. The van der Waals surface area contributed by atoms with Gasteiger partial charge in [0, 0.05) is 19.6 Å². The fourth-order valence-corrected chi connectivity index (χ4v) is 2.35. The van der Waals surface area contributed by atoms with Crippen molar-refractivity contribution in [1.82, 2.24) is 14.7 Å². The topological polar surface area (TPSA) is 73.4 Å². The lowest BCUT2D eigenvalue weighted by atomic mass is 10.1. The van der Waals surface area contributed by atoms with E-state index in [4.69, 9.17) is 10.5 Å². The standard InChI is InChI=1S/C13H22N4O2/c1-4-17-12(11(14)9(2)15-17)13(18)19-10-5-7-16(3)8-6-10/h10H,4-8,14H2,1-3H3. The Hall–Kier alpha value is -1.56. The van der Waals surface area contributed by atoms with Crippen molar-refractivity contribution in [2.75, 3.05) is 25.9 Å². The third kappa shape index (κ3) is 2.89. The van der Waals surface area contributed by atoms with Crippen molar-refractivity contribution < 1.29 is 9.53 Å². The number of piperidine rings is 1. The van der Waals surface area contributed by atoms with Gasteiger partial charge < -0.3 is 15.4 Å². The summed E-state index contributed by atoms with van der Waals surface area (Å²) in [5.41, 5.74) is 7.41. The molecule has 0 atom stereocenters. The largest absolute Gasteiger partial charge is 0.458 e. The van der Waals surface area contributed by atoms with Crippen LogP contribution in [0, 0.1) is 6.92 Å². The van der Waals surface area contributed by atoms with E-state index >= 15 is 0 Å². The molecule has 0 saturated carbocycles. The highest BCUT2D eigenvalue weighted by atomic mass is 16.5. The van der Waals surface area contributed by atoms with Gasteiger partial charge in [-0.2, -0.15) is 5.10 Å². The summed E-state index contributed by atoms with van der Waals surface area (Å²) in [6.45, 7) is 6.25. The van der Waals surface area contributed by atoms with Gasteiger partial charge in [0.05, 0.1) is 11.4 Å². The summed E-state index contributed by atoms with van der Waals surface area (Å²) >= 11 is 0. The average molecular weight is 266 g/mol. The quantitative estimate of drug-likeness (QED) is 0.828. The molecular weight excluding hydrogens is 244 g/mol. The molecule has 2 heterocycles. The van der Waals surface area contributed by atoms with Gasteiger partial charge in [0.25, 0.3) is 0 Å². The lowest BCUT2D eigenvalue weighted by Gasteiger charge is -2.28. The van der Waals surface area contributed by atoms with E-state index in [1.807, 2.05) is 6.92 Å². The van der Waals surface area contributed by atoms with Crippen molar-refractivity contribution in [2.45, 2.75) is 39.3 Å². The Morgan fingerprint density at radius 3 is 2.68 bits per heavy atom. The molecular formula is C13H22N4O2. The Balaban J connectivity index is 2.08. The molecule has 1 aliphatic heterocycles. The number of likely N-dealkylation sites (tertiary alicyclic amines) is 1. The number of anilines is 1. The Morgan fingerprint density at radius 1 is 1.47 bits per heavy atom. The molecule has 0 amide bonds. The van der Waals surface area contributed by atoms with Crippen LogP contribution in [-0.2, 0) is 11.3 Å². The van der Waals surface area contributed by atoms with Crippen LogP contribution in [0.4, 0.5) is 5.69 Å². The molecule has 1 aromatic heterocycles. The third-order valence-electron chi connectivity index (χ3n) is 3.61. The number of nitrogens with zero attached hydrogens (tertiary/aromatic N) is 3. The van der Waals surface area contributed by atoms with Crippen molar-refractivity contribution in [1.29, 1.82) is 0 Å². The SMILES string of the molecule is CCn1nc(C)c(N)c1C(=O)OC1CCN(C)CC1. The number of carbonyl (C=O) groups is 1. The summed E-state index contributed by atoms with van der Waals surface area (Å²) in [6, 6.07) is 0. The predicted molar refractivity (Wildman–Crippen MR) is 73.0 cm³/mol. The molecule has 1 fully saturated rings. The molecule has 0 unspecified atom stereocenters. The van der Waals surface area contributed by atoms with Gasteiger partial charge in [-0.3, -0.25) is 4.68 Å². The number of rotatable bonds is 3. The summed E-state index contributed by atoms with van der Waals surface area (Å²) in [6.07, 6.45) is 1.74. The first-order valence-corrected chi connectivity index (χ1v) is 6.75. The summed E-state index contributed by atoms with van der Waals surface area (Å²) in [5.74, 6) is -0.352. The second-order valence-electron chi connectivity index (χ2n) is 5.07. The van der Waals surface area contributed by atoms with Crippen molar-refractivity contribution in [3.8, 4) is 0 Å². The van der Waals surface area contributed by atoms with E-state index < -0.39 is 0 Å². The number of hydrogen-bond donors (Lipinski definition) is 1. The van der Waals surface area contributed by atoms with E-state index in [0.717, 1.165) is 25.9 Å². The molecule has 1 saturated heterocycles. The molecule has 1 aliphatic rings. The van der Waals surface area contributed by atoms with E-state index in [-0.39, 0.29) is 12.1 Å². The zero-order valence-electron chi connectivity index (χ0n) is 11.8. The number of aromatic nitrogens is 2. The van der Waals surface area contributed by atoms with Gasteiger partial charge in [-0.25, -0.2) is 4.79 Å². The van der Waals surface area contributed by atoms with E-state index in [2.05, 4.69) is 17.0 Å². The number of esters is 1. The minimum absolute atomic E-state index is 0.0105. The highest BCUT2D eigenvalue weighted by Crippen LogP contribution is 2.20. The van der Waals surface area contributed by atoms with Gasteiger partial charge in [0.15, 0.2) is 5.69 Å². The van der Waals surface area contributed by atoms with Crippen molar-refractivity contribution >= 4 is 11.7 Å². The highest BCUT2D eigenvalue weighted by Gasteiger charge is 2.25. The van der Waals surface area contributed by atoms with Gasteiger partial charge in [-0.15, -0.1) is 0 Å². The molecule has 2 rings (SSSR count). The average Bonchev–Trinajstić information content (AvgIpc) is 2.68. The van der Waals surface area contributed by atoms with E-state index in [1.54, 1.807) is 11.6 Å². The monoisotopic (exact) mass is 266 g/mol. The molecule has 0 spiro atoms. The Kier molecular flexibility index (Phi) is 4.09. The van der Waals surface area contributed by atoms with E-state index in [0.29, 0.717) is 23.6 Å². The first-order chi connectivity index (χ1) is 9.02.